The summed E-state index contributed by atoms with van der Waals surface area (Å²) in [5.41, 5.74) is 4.74. The summed E-state index contributed by atoms with van der Waals surface area (Å²) >= 11 is 0. The fourth-order valence-electron chi connectivity index (χ4n) is 2.84. The van der Waals surface area contributed by atoms with Crippen LogP contribution in [-0.2, 0) is 5.54 Å². The van der Waals surface area contributed by atoms with Gasteiger partial charge in [-0.15, -0.1) is 0 Å². The zero-order valence-corrected chi connectivity index (χ0v) is 11.6. The maximum Gasteiger partial charge on any atom is 0.0861 e. The summed E-state index contributed by atoms with van der Waals surface area (Å²) in [5, 5.41) is 0. The molecule has 1 aromatic heterocycles. The van der Waals surface area contributed by atoms with Crippen molar-refractivity contribution < 1.29 is 0 Å². The van der Waals surface area contributed by atoms with Gasteiger partial charge in [-0.05, 0) is 43.2 Å². The Morgan fingerprint density at radius 2 is 1.89 bits per heavy atom. The molecule has 1 aromatic carbocycles. The average Bonchev–Trinajstić information content (AvgIpc) is 2.44. The Bertz CT molecular complexity index is 645. The Morgan fingerprint density at radius 1 is 1.11 bits per heavy atom. The van der Waals surface area contributed by atoms with Gasteiger partial charge in [-0.25, -0.2) is 0 Å². The second kappa shape index (κ2) is 4.23. The van der Waals surface area contributed by atoms with Crippen LogP contribution in [0.15, 0.2) is 48.7 Å². The minimum Gasteiger partial charge on any atom is -0.360 e. The third-order valence-electron chi connectivity index (χ3n) is 4.13. The predicted molar refractivity (Wildman–Crippen MR) is 80.2 cm³/mol. The standard InChI is InChI=1S/C17H18N2/c1-13-7-4-5-8-14(13)17(2)11-10-15-16(19(17)3)9-6-12-18-15/h4-12H,1-3H3. The van der Waals surface area contributed by atoms with E-state index in [1.54, 1.807) is 0 Å². The molecule has 0 saturated carbocycles. The molecule has 96 valence electrons. The van der Waals surface area contributed by atoms with Gasteiger partial charge in [0.25, 0.3) is 0 Å². The Morgan fingerprint density at radius 3 is 2.68 bits per heavy atom. The summed E-state index contributed by atoms with van der Waals surface area (Å²) < 4.78 is 0. The molecule has 0 bridgehead atoms. The second-order valence-electron chi connectivity index (χ2n) is 5.26. The van der Waals surface area contributed by atoms with Crippen molar-refractivity contribution in [2.24, 2.45) is 0 Å². The van der Waals surface area contributed by atoms with Gasteiger partial charge >= 0.3 is 0 Å². The third kappa shape index (κ3) is 1.75. The smallest absolute Gasteiger partial charge is 0.0861 e. The summed E-state index contributed by atoms with van der Waals surface area (Å²) in [6.45, 7) is 4.42. The van der Waals surface area contributed by atoms with Crippen molar-refractivity contribution in [2.75, 3.05) is 11.9 Å². The van der Waals surface area contributed by atoms with Crippen LogP contribution in [-0.4, -0.2) is 12.0 Å². The molecule has 0 spiro atoms. The lowest BCUT2D eigenvalue weighted by Gasteiger charge is -2.42. The average molecular weight is 250 g/mol. The monoisotopic (exact) mass is 250 g/mol. The van der Waals surface area contributed by atoms with Crippen molar-refractivity contribution in [3.63, 3.8) is 0 Å². The number of benzene rings is 1. The van der Waals surface area contributed by atoms with Gasteiger partial charge in [0.05, 0.1) is 16.9 Å². The summed E-state index contributed by atoms with van der Waals surface area (Å²) in [4.78, 5) is 6.73. The first-order valence-corrected chi connectivity index (χ1v) is 6.57. The molecule has 2 heterocycles. The first-order valence-electron chi connectivity index (χ1n) is 6.57. The summed E-state index contributed by atoms with van der Waals surface area (Å²) in [5.74, 6) is 0. The molecule has 0 N–H and O–H groups in total. The van der Waals surface area contributed by atoms with Gasteiger partial charge in [0.2, 0.25) is 0 Å². The highest BCUT2D eigenvalue weighted by atomic mass is 15.2. The number of rotatable bonds is 1. The molecule has 1 atom stereocenters. The molecule has 0 amide bonds. The van der Waals surface area contributed by atoms with E-state index < -0.39 is 0 Å². The number of pyridine rings is 1. The van der Waals surface area contributed by atoms with E-state index in [1.807, 2.05) is 12.3 Å². The first kappa shape index (κ1) is 12.0. The van der Waals surface area contributed by atoms with Crippen molar-refractivity contribution in [1.82, 2.24) is 4.98 Å². The quantitative estimate of drug-likeness (QED) is 0.766. The number of hydrogen-bond acceptors (Lipinski definition) is 2. The molecule has 0 saturated heterocycles. The van der Waals surface area contributed by atoms with Crippen LogP contribution in [0, 0.1) is 6.92 Å². The molecular weight excluding hydrogens is 232 g/mol. The van der Waals surface area contributed by atoms with Gasteiger partial charge in [0, 0.05) is 13.2 Å². The largest absolute Gasteiger partial charge is 0.360 e. The van der Waals surface area contributed by atoms with Crippen LogP contribution in [0.5, 0.6) is 0 Å². The fourth-order valence-corrected chi connectivity index (χ4v) is 2.84. The van der Waals surface area contributed by atoms with E-state index in [2.05, 4.69) is 73.3 Å². The highest BCUT2D eigenvalue weighted by Crippen LogP contribution is 2.39. The Hall–Kier alpha value is -2.09. The summed E-state index contributed by atoms with van der Waals surface area (Å²) in [7, 11) is 2.14. The molecule has 19 heavy (non-hydrogen) atoms. The van der Waals surface area contributed by atoms with Crippen LogP contribution < -0.4 is 4.90 Å². The molecule has 2 aromatic rings. The van der Waals surface area contributed by atoms with Crippen LogP contribution in [0.1, 0.15) is 23.7 Å². The number of fused-ring (bicyclic) bond motifs is 1. The topological polar surface area (TPSA) is 16.1 Å². The SMILES string of the molecule is Cc1ccccc1C1(C)C=Cc2ncccc2N1C. The number of nitrogens with zero attached hydrogens (tertiary/aromatic N) is 2. The van der Waals surface area contributed by atoms with Crippen molar-refractivity contribution >= 4 is 11.8 Å². The molecule has 1 unspecified atom stereocenters. The van der Waals surface area contributed by atoms with E-state index >= 15 is 0 Å². The molecule has 0 fully saturated rings. The van der Waals surface area contributed by atoms with Gasteiger partial charge < -0.3 is 4.90 Å². The van der Waals surface area contributed by atoms with Crippen LogP contribution in [0.2, 0.25) is 0 Å². The minimum absolute atomic E-state index is 0.124. The van der Waals surface area contributed by atoms with Gasteiger partial charge in [-0.3, -0.25) is 4.98 Å². The highest BCUT2D eigenvalue weighted by molar-refractivity contribution is 5.71. The molecule has 3 rings (SSSR count). The molecule has 2 nitrogen and oxygen atoms in total. The normalized spacial score (nSPS) is 21.3. The van der Waals surface area contributed by atoms with Crippen molar-refractivity contribution in [3.8, 4) is 0 Å². The van der Waals surface area contributed by atoms with Crippen LogP contribution in [0.4, 0.5) is 5.69 Å². The number of aryl methyl sites for hydroxylation is 1. The number of hydrogen-bond donors (Lipinski definition) is 0. The van der Waals surface area contributed by atoms with E-state index in [1.165, 1.54) is 16.8 Å². The fraction of sp³-hybridized carbons (Fsp3) is 0.235. The first-order chi connectivity index (χ1) is 9.13. The number of likely N-dealkylation sites (N-methyl/N-ethyl adjacent to an activating group) is 1. The van der Waals surface area contributed by atoms with Gasteiger partial charge in [0.1, 0.15) is 0 Å². The second-order valence-corrected chi connectivity index (χ2v) is 5.26. The van der Waals surface area contributed by atoms with Crippen LogP contribution in [0.25, 0.3) is 6.08 Å². The number of anilines is 1. The lowest BCUT2D eigenvalue weighted by molar-refractivity contribution is 0.573. The van der Waals surface area contributed by atoms with Crippen LogP contribution in [0.3, 0.4) is 0 Å². The summed E-state index contributed by atoms with van der Waals surface area (Å²) in [6, 6.07) is 12.7. The Balaban J connectivity index is 2.16. The lowest BCUT2D eigenvalue weighted by Crippen LogP contribution is -2.42. The van der Waals surface area contributed by atoms with E-state index in [0.717, 1.165) is 5.69 Å². The van der Waals surface area contributed by atoms with Crippen molar-refractivity contribution in [3.05, 3.63) is 65.5 Å². The molecule has 1 aliphatic rings. The molecular formula is C17H18N2. The summed E-state index contributed by atoms with van der Waals surface area (Å²) in [6.07, 6.45) is 6.21. The Labute approximate surface area is 114 Å². The zero-order chi connectivity index (χ0) is 13.5. The van der Waals surface area contributed by atoms with Gasteiger partial charge in [-0.2, -0.15) is 0 Å². The minimum atomic E-state index is -0.124. The molecule has 1 aliphatic heterocycles. The third-order valence-corrected chi connectivity index (χ3v) is 4.13. The van der Waals surface area contributed by atoms with Gasteiger partial charge in [0.15, 0.2) is 0 Å². The van der Waals surface area contributed by atoms with E-state index in [9.17, 15) is 0 Å². The zero-order valence-electron chi connectivity index (χ0n) is 11.6. The lowest BCUT2D eigenvalue weighted by atomic mass is 9.84. The predicted octanol–water partition coefficient (Wildman–Crippen LogP) is 3.77. The molecule has 0 aliphatic carbocycles. The molecule has 0 radical (unpaired) electrons. The van der Waals surface area contributed by atoms with Crippen LogP contribution >= 0.6 is 0 Å². The Kier molecular flexibility index (Phi) is 2.67. The van der Waals surface area contributed by atoms with Crippen molar-refractivity contribution in [2.45, 2.75) is 19.4 Å². The van der Waals surface area contributed by atoms with E-state index in [4.69, 9.17) is 0 Å². The maximum atomic E-state index is 4.42. The highest BCUT2D eigenvalue weighted by Gasteiger charge is 2.33. The molecule has 2 heteroatoms. The number of aromatic nitrogens is 1. The van der Waals surface area contributed by atoms with E-state index in [-0.39, 0.29) is 5.54 Å². The van der Waals surface area contributed by atoms with Crippen molar-refractivity contribution in [1.29, 1.82) is 0 Å². The maximum absolute atomic E-state index is 4.42. The van der Waals surface area contributed by atoms with E-state index in [0.29, 0.717) is 0 Å². The van der Waals surface area contributed by atoms with Gasteiger partial charge in [-0.1, -0.05) is 30.3 Å².